The van der Waals surface area contributed by atoms with Crippen LogP contribution in [0.2, 0.25) is 0 Å². The van der Waals surface area contributed by atoms with E-state index in [2.05, 4.69) is 50.3 Å². The number of ether oxygens (including phenoxy) is 2. The minimum Gasteiger partial charge on any atom is -0.462 e. The second kappa shape index (κ2) is 57.4. The van der Waals surface area contributed by atoms with Gasteiger partial charge in [-0.05, 0) is 51.4 Å². The second-order valence-electron chi connectivity index (χ2n) is 20.1. The van der Waals surface area contributed by atoms with Crippen LogP contribution >= 0.6 is 0 Å². The molecule has 388 valence electrons. The minimum atomic E-state index is -0.767. The molecule has 0 aliphatic rings. The van der Waals surface area contributed by atoms with Gasteiger partial charge in [-0.3, -0.25) is 9.59 Å². The van der Waals surface area contributed by atoms with Crippen LogP contribution in [-0.2, 0) is 19.1 Å². The highest BCUT2D eigenvalue weighted by molar-refractivity contribution is 5.70. The van der Waals surface area contributed by atoms with Gasteiger partial charge in [-0.2, -0.15) is 0 Å². The molecule has 0 fully saturated rings. The highest BCUT2D eigenvalue weighted by atomic mass is 16.6. The zero-order chi connectivity index (χ0) is 47.7. The first-order valence-corrected chi connectivity index (χ1v) is 29.5. The fourth-order valence-electron chi connectivity index (χ4n) is 8.98. The van der Waals surface area contributed by atoms with Crippen molar-refractivity contribution in [1.29, 1.82) is 0 Å². The molecule has 1 N–H and O–H groups in total. The first kappa shape index (κ1) is 64.1. The number of esters is 2. The van der Waals surface area contributed by atoms with Gasteiger partial charge in [0.1, 0.15) is 6.61 Å². The molecule has 0 radical (unpaired) electrons. The summed E-state index contributed by atoms with van der Waals surface area (Å²) in [5.74, 6) is -0.571. The van der Waals surface area contributed by atoms with Crippen LogP contribution in [0.15, 0.2) is 36.5 Å². The summed E-state index contributed by atoms with van der Waals surface area (Å²) in [5.41, 5.74) is 0. The Bertz CT molecular complexity index is 1050. The molecule has 0 aliphatic carbocycles. The molecule has 66 heavy (non-hydrogen) atoms. The van der Waals surface area contributed by atoms with Crippen LogP contribution < -0.4 is 0 Å². The van der Waals surface area contributed by atoms with Crippen molar-refractivity contribution in [3.8, 4) is 0 Å². The third kappa shape index (κ3) is 54.7. The Morgan fingerprint density at radius 1 is 0.348 bits per heavy atom. The Labute approximate surface area is 412 Å². The number of carbonyl (C=O) groups is 2. The van der Waals surface area contributed by atoms with Crippen molar-refractivity contribution in [1.82, 2.24) is 0 Å². The van der Waals surface area contributed by atoms with Crippen LogP contribution in [0.25, 0.3) is 0 Å². The maximum atomic E-state index is 12.3. The van der Waals surface area contributed by atoms with E-state index in [-0.39, 0.29) is 25.2 Å². The number of hydrogen-bond acceptors (Lipinski definition) is 5. The van der Waals surface area contributed by atoms with E-state index in [1.54, 1.807) is 0 Å². The Morgan fingerprint density at radius 2 is 0.606 bits per heavy atom. The maximum Gasteiger partial charge on any atom is 0.306 e. The fourth-order valence-corrected chi connectivity index (χ4v) is 8.98. The minimum absolute atomic E-state index is 0.0589. The average molecular weight is 928 g/mol. The van der Waals surface area contributed by atoms with E-state index in [1.807, 2.05) is 0 Å². The van der Waals surface area contributed by atoms with E-state index in [0.717, 1.165) is 44.9 Å². The second-order valence-corrected chi connectivity index (χ2v) is 20.1. The molecule has 1 atom stereocenters. The standard InChI is InChI=1S/C61H114O5/c1-3-5-7-9-11-13-15-17-19-20-21-22-23-24-25-26-27-28-29-30-31-32-33-34-35-36-37-38-39-40-42-44-46-48-50-52-54-56-61(64)66-59(57-62)58-65-60(63)55-53-51-49-47-45-43-41-18-16-14-12-10-8-6-4-2/h15,17,20-21,23-24,59,62H,3-14,16,18-19,22,25-58H2,1-2H3/b17-15-,21-20-,24-23-. The summed E-state index contributed by atoms with van der Waals surface area (Å²) in [7, 11) is 0. The summed E-state index contributed by atoms with van der Waals surface area (Å²) < 4.78 is 10.7. The Kier molecular flexibility index (Phi) is 55.8. The van der Waals surface area contributed by atoms with Gasteiger partial charge in [-0.25, -0.2) is 0 Å². The van der Waals surface area contributed by atoms with Crippen LogP contribution in [0, 0.1) is 0 Å². The smallest absolute Gasteiger partial charge is 0.306 e. The molecule has 5 nitrogen and oxygen atoms in total. The normalized spacial score (nSPS) is 12.3. The van der Waals surface area contributed by atoms with Crippen LogP contribution in [-0.4, -0.2) is 36.4 Å². The molecule has 0 spiro atoms. The van der Waals surface area contributed by atoms with E-state index in [0.29, 0.717) is 12.8 Å². The summed E-state index contributed by atoms with van der Waals surface area (Å²) in [6, 6.07) is 0. The van der Waals surface area contributed by atoms with Crippen LogP contribution in [0.4, 0.5) is 0 Å². The van der Waals surface area contributed by atoms with Crippen molar-refractivity contribution in [2.45, 2.75) is 328 Å². The van der Waals surface area contributed by atoms with E-state index in [4.69, 9.17) is 9.47 Å². The van der Waals surface area contributed by atoms with Crippen molar-refractivity contribution >= 4 is 11.9 Å². The molecule has 1 unspecified atom stereocenters. The van der Waals surface area contributed by atoms with E-state index in [1.165, 1.54) is 250 Å². The van der Waals surface area contributed by atoms with Gasteiger partial charge in [-0.15, -0.1) is 0 Å². The Hall–Kier alpha value is -1.88. The zero-order valence-electron chi connectivity index (χ0n) is 44.5. The molecule has 0 aromatic carbocycles. The van der Waals surface area contributed by atoms with Crippen LogP contribution in [0.1, 0.15) is 322 Å². The molecule has 0 saturated carbocycles. The number of unbranched alkanes of at least 4 members (excludes halogenated alkanes) is 41. The lowest BCUT2D eigenvalue weighted by atomic mass is 10.0. The Balaban J connectivity index is 3.39. The largest absolute Gasteiger partial charge is 0.462 e. The number of hydrogen-bond donors (Lipinski definition) is 1. The number of carbonyl (C=O) groups excluding carboxylic acids is 2. The highest BCUT2D eigenvalue weighted by Crippen LogP contribution is 2.17. The Morgan fingerprint density at radius 3 is 0.909 bits per heavy atom. The summed E-state index contributed by atoms with van der Waals surface area (Å²) in [5, 5.41) is 9.64. The topological polar surface area (TPSA) is 72.8 Å². The molecular formula is C61H114O5. The molecule has 0 bridgehead atoms. The van der Waals surface area contributed by atoms with Crippen LogP contribution in [0.5, 0.6) is 0 Å². The molecule has 0 rings (SSSR count). The molecule has 0 aromatic heterocycles. The first-order valence-electron chi connectivity index (χ1n) is 29.5. The number of aliphatic hydroxyl groups is 1. The molecule has 0 aliphatic heterocycles. The molecule has 5 heteroatoms. The van der Waals surface area contributed by atoms with E-state index < -0.39 is 6.10 Å². The first-order chi connectivity index (χ1) is 32.6. The van der Waals surface area contributed by atoms with Crippen molar-refractivity contribution in [3.63, 3.8) is 0 Å². The highest BCUT2D eigenvalue weighted by Gasteiger charge is 2.16. The van der Waals surface area contributed by atoms with Crippen molar-refractivity contribution in [2.24, 2.45) is 0 Å². The van der Waals surface area contributed by atoms with Gasteiger partial charge in [0.15, 0.2) is 6.10 Å². The average Bonchev–Trinajstić information content (AvgIpc) is 3.32. The number of rotatable bonds is 55. The lowest BCUT2D eigenvalue weighted by Crippen LogP contribution is -2.28. The summed E-state index contributed by atoms with van der Waals surface area (Å²) in [6.07, 6.45) is 74.3. The van der Waals surface area contributed by atoms with Crippen molar-refractivity contribution in [2.75, 3.05) is 13.2 Å². The maximum absolute atomic E-state index is 12.3. The third-order valence-corrected chi connectivity index (χ3v) is 13.4. The van der Waals surface area contributed by atoms with E-state index in [9.17, 15) is 14.7 Å². The predicted molar refractivity (Wildman–Crippen MR) is 288 cm³/mol. The summed E-state index contributed by atoms with van der Waals surface area (Å²) >= 11 is 0. The third-order valence-electron chi connectivity index (χ3n) is 13.4. The molecule has 0 heterocycles. The summed E-state index contributed by atoms with van der Waals surface area (Å²) in [6.45, 7) is 4.17. The lowest BCUT2D eigenvalue weighted by molar-refractivity contribution is -0.161. The number of aliphatic hydroxyl groups excluding tert-OH is 1. The number of allylic oxidation sites excluding steroid dienone is 6. The van der Waals surface area contributed by atoms with Crippen LogP contribution in [0.3, 0.4) is 0 Å². The zero-order valence-corrected chi connectivity index (χ0v) is 44.5. The van der Waals surface area contributed by atoms with Crippen molar-refractivity contribution in [3.05, 3.63) is 36.5 Å². The van der Waals surface area contributed by atoms with Gasteiger partial charge >= 0.3 is 11.9 Å². The molecule has 0 amide bonds. The molecular weight excluding hydrogens is 813 g/mol. The predicted octanol–water partition coefficient (Wildman–Crippen LogP) is 19.9. The van der Waals surface area contributed by atoms with Gasteiger partial charge in [0.2, 0.25) is 0 Å². The molecule has 0 aromatic rings. The summed E-state index contributed by atoms with van der Waals surface area (Å²) in [4.78, 5) is 24.5. The monoisotopic (exact) mass is 927 g/mol. The van der Waals surface area contributed by atoms with Gasteiger partial charge in [0.25, 0.3) is 0 Å². The van der Waals surface area contributed by atoms with E-state index >= 15 is 0 Å². The van der Waals surface area contributed by atoms with Gasteiger partial charge < -0.3 is 14.6 Å². The van der Waals surface area contributed by atoms with Crippen molar-refractivity contribution < 1.29 is 24.2 Å². The fraction of sp³-hybridized carbons (Fsp3) is 0.869. The van der Waals surface area contributed by atoms with Gasteiger partial charge in [0.05, 0.1) is 6.61 Å². The lowest BCUT2D eigenvalue weighted by Gasteiger charge is -2.15. The quantitative estimate of drug-likeness (QED) is 0.0374. The van der Waals surface area contributed by atoms with Gasteiger partial charge in [-0.1, -0.05) is 294 Å². The van der Waals surface area contributed by atoms with Gasteiger partial charge in [0, 0.05) is 12.8 Å². The SMILES string of the molecule is CCCCCCC/C=C\C/C=C\C/C=C\CCCCCCCCCCCCCCCCCCCCCCCCC(=O)OC(CO)COC(=O)CCCCCCCCCCCCCCCCC. The molecule has 0 saturated heterocycles.